The number of hydrogen-bond acceptors (Lipinski definition) is 6. The van der Waals surface area contributed by atoms with Gasteiger partial charge < -0.3 is 14.7 Å². The number of hydrogen-bond donors (Lipinski definition) is 1. The van der Waals surface area contributed by atoms with Crippen molar-refractivity contribution in [3.05, 3.63) is 41.5 Å². The highest BCUT2D eigenvalue weighted by Gasteiger charge is 2.23. The zero-order chi connectivity index (χ0) is 17.2. The second-order valence-corrected chi connectivity index (χ2v) is 7.17. The van der Waals surface area contributed by atoms with E-state index in [1.807, 2.05) is 6.07 Å². The molecule has 0 aliphatic carbocycles. The minimum atomic E-state index is -0.205. The lowest BCUT2D eigenvalue weighted by Crippen LogP contribution is -2.36. The number of thiophene rings is 1. The molecule has 0 spiro atoms. The lowest BCUT2D eigenvalue weighted by Gasteiger charge is -2.31. The van der Waals surface area contributed by atoms with Crippen LogP contribution < -0.4 is 4.90 Å². The Morgan fingerprint density at radius 3 is 2.68 bits per heavy atom. The summed E-state index contributed by atoms with van der Waals surface area (Å²) in [6.45, 7) is 2.02. The average Bonchev–Trinajstić information content (AvgIpc) is 3.07. The average molecular weight is 355 g/mol. The summed E-state index contributed by atoms with van der Waals surface area (Å²) < 4.78 is 5.25. The standard InChI is InChI=1S/C19H21N3O2S/c1-24-11-16-20-18(22-9-7-14(23)8-10-22)17-15(12-25-19(17)21-16)13-5-3-2-4-6-13/h2-6,12,14,23H,7-11H2,1H3. The Balaban J connectivity index is 1.86. The van der Waals surface area contributed by atoms with Crippen molar-refractivity contribution < 1.29 is 9.84 Å². The van der Waals surface area contributed by atoms with Crippen LogP contribution in [0.4, 0.5) is 5.82 Å². The quantitative estimate of drug-likeness (QED) is 0.777. The number of anilines is 1. The molecule has 0 unspecified atom stereocenters. The number of methoxy groups -OCH3 is 1. The number of aromatic nitrogens is 2. The molecular formula is C19H21N3O2S. The summed E-state index contributed by atoms with van der Waals surface area (Å²) in [5, 5.41) is 13.1. The Morgan fingerprint density at radius 1 is 1.20 bits per heavy atom. The van der Waals surface area contributed by atoms with Gasteiger partial charge >= 0.3 is 0 Å². The van der Waals surface area contributed by atoms with Crippen LogP contribution in [0.1, 0.15) is 18.7 Å². The molecule has 1 aromatic carbocycles. The number of rotatable bonds is 4. The number of aliphatic hydroxyl groups is 1. The van der Waals surface area contributed by atoms with Crippen LogP contribution in [0.25, 0.3) is 21.3 Å². The molecule has 1 fully saturated rings. The summed E-state index contributed by atoms with van der Waals surface area (Å²) in [4.78, 5) is 12.8. The lowest BCUT2D eigenvalue weighted by atomic mass is 10.0. The second-order valence-electron chi connectivity index (χ2n) is 6.31. The molecule has 0 saturated carbocycles. The van der Waals surface area contributed by atoms with Crippen LogP contribution in [0.15, 0.2) is 35.7 Å². The highest BCUT2D eigenvalue weighted by atomic mass is 32.1. The van der Waals surface area contributed by atoms with Crippen molar-refractivity contribution in [3.63, 3.8) is 0 Å². The van der Waals surface area contributed by atoms with Gasteiger partial charge in [0.1, 0.15) is 17.3 Å². The van der Waals surface area contributed by atoms with Gasteiger partial charge in [-0.1, -0.05) is 30.3 Å². The fourth-order valence-corrected chi connectivity index (χ4v) is 4.26. The van der Waals surface area contributed by atoms with Gasteiger partial charge in [-0.2, -0.15) is 0 Å². The number of aliphatic hydroxyl groups excluding tert-OH is 1. The zero-order valence-electron chi connectivity index (χ0n) is 14.2. The molecule has 130 valence electrons. The maximum absolute atomic E-state index is 9.84. The first-order chi connectivity index (χ1) is 12.3. The first-order valence-corrected chi connectivity index (χ1v) is 9.39. The summed E-state index contributed by atoms with van der Waals surface area (Å²) in [7, 11) is 1.66. The third-order valence-electron chi connectivity index (χ3n) is 4.58. The van der Waals surface area contributed by atoms with E-state index in [1.54, 1.807) is 18.4 Å². The molecule has 0 radical (unpaired) electrons. The van der Waals surface area contributed by atoms with Gasteiger partial charge in [-0.3, -0.25) is 0 Å². The van der Waals surface area contributed by atoms with E-state index in [2.05, 4.69) is 39.5 Å². The van der Waals surface area contributed by atoms with Crippen molar-refractivity contribution in [2.24, 2.45) is 0 Å². The molecule has 6 heteroatoms. The SMILES string of the molecule is COCc1nc(N2CCC(O)CC2)c2c(-c3ccccc3)csc2n1. The van der Waals surface area contributed by atoms with Crippen molar-refractivity contribution in [2.75, 3.05) is 25.1 Å². The van der Waals surface area contributed by atoms with Crippen LogP contribution in [0.5, 0.6) is 0 Å². The molecule has 4 rings (SSSR count). The molecule has 5 nitrogen and oxygen atoms in total. The smallest absolute Gasteiger partial charge is 0.158 e. The minimum Gasteiger partial charge on any atom is -0.393 e. The van der Waals surface area contributed by atoms with Crippen LogP contribution in [0.3, 0.4) is 0 Å². The Labute approximate surface area is 150 Å². The van der Waals surface area contributed by atoms with E-state index in [0.29, 0.717) is 12.4 Å². The van der Waals surface area contributed by atoms with Crippen molar-refractivity contribution in [1.29, 1.82) is 0 Å². The Bertz CT molecular complexity index is 858. The van der Waals surface area contributed by atoms with Gasteiger partial charge in [-0.25, -0.2) is 9.97 Å². The van der Waals surface area contributed by atoms with Crippen LogP contribution in [0, 0.1) is 0 Å². The third-order valence-corrected chi connectivity index (χ3v) is 5.46. The summed E-state index contributed by atoms with van der Waals surface area (Å²) in [6, 6.07) is 10.4. The predicted octanol–water partition coefficient (Wildman–Crippen LogP) is 3.47. The summed E-state index contributed by atoms with van der Waals surface area (Å²) in [5.74, 6) is 1.67. The van der Waals surface area contributed by atoms with Crippen molar-refractivity contribution in [1.82, 2.24) is 9.97 Å². The molecule has 0 amide bonds. The zero-order valence-corrected chi connectivity index (χ0v) is 15.0. The monoisotopic (exact) mass is 355 g/mol. The molecule has 2 aromatic heterocycles. The molecule has 0 atom stereocenters. The van der Waals surface area contributed by atoms with Gasteiger partial charge in [0.05, 0.1) is 11.5 Å². The molecule has 3 heterocycles. The molecule has 1 N–H and O–H groups in total. The van der Waals surface area contributed by atoms with Gasteiger partial charge in [0.15, 0.2) is 5.82 Å². The highest BCUT2D eigenvalue weighted by molar-refractivity contribution is 7.17. The fourth-order valence-electron chi connectivity index (χ4n) is 3.30. The molecule has 25 heavy (non-hydrogen) atoms. The van der Waals surface area contributed by atoms with Gasteiger partial charge in [-0.15, -0.1) is 11.3 Å². The first kappa shape index (κ1) is 16.4. The van der Waals surface area contributed by atoms with E-state index in [-0.39, 0.29) is 6.10 Å². The van der Waals surface area contributed by atoms with E-state index in [4.69, 9.17) is 9.72 Å². The lowest BCUT2D eigenvalue weighted by molar-refractivity contribution is 0.145. The van der Waals surface area contributed by atoms with Crippen molar-refractivity contribution >= 4 is 27.4 Å². The van der Waals surface area contributed by atoms with Crippen LogP contribution >= 0.6 is 11.3 Å². The van der Waals surface area contributed by atoms with E-state index in [0.717, 1.165) is 42.0 Å². The second kappa shape index (κ2) is 7.07. The number of piperidine rings is 1. The van der Waals surface area contributed by atoms with E-state index < -0.39 is 0 Å². The summed E-state index contributed by atoms with van der Waals surface area (Å²) in [5.41, 5.74) is 2.35. The Kier molecular flexibility index (Phi) is 4.65. The van der Waals surface area contributed by atoms with E-state index in [1.165, 1.54) is 11.1 Å². The number of benzene rings is 1. The maximum atomic E-state index is 9.84. The molecule has 1 aliphatic heterocycles. The topological polar surface area (TPSA) is 58.5 Å². The molecular weight excluding hydrogens is 334 g/mol. The van der Waals surface area contributed by atoms with Gasteiger partial charge in [0.2, 0.25) is 0 Å². The molecule has 3 aromatic rings. The number of nitrogens with zero attached hydrogens (tertiary/aromatic N) is 3. The molecule has 0 bridgehead atoms. The van der Waals surface area contributed by atoms with Crippen LogP contribution in [-0.2, 0) is 11.3 Å². The minimum absolute atomic E-state index is 0.205. The Hall–Kier alpha value is -2.02. The van der Waals surface area contributed by atoms with Gasteiger partial charge in [0, 0.05) is 31.1 Å². The first-order valence-electron chi connectivity index (χ1n) is 8.51. The van der Waals surface area contributed by atoms with Gasteiger partial charge in [-0.05, 0) is 18.4 Å². The molecule has 1 saturated heterocycles. The predicted molar refractivity (Wildman–Crippen MR) is 101 cm³/mol. The summed E-state index contributed by atoms with van der Waals surface area (Å²) >= 11 is 1.64. The molecule has 1 aliphatic rings. The summed E-state index contributed by atoms with van der Waals surface area (Å²) in [6.07, 6.45) is 1.34. The van der Waals surface area contributed by atoms with E-state index >= 15 is 0 Å². The largest absolute Gasteiger partial charge is 0.393 e. The number of ether oxygens (including phenoxy) is 1. The van der Waals surface area contributed by atoms with Gasteiger partial charge in [0.25, 0.3) is 0 Å². The normalized spacial score (nSPS) is 15.8. The number of fused-ring (bicyclic) bond motifs is 1. The Morgan fingerprint density at radius 2 is 1.96 bits per heavy atom. The van der Waals surface area contributed by atoms with E-state index in [9.17, 15) is 5.11 Å². The highest BCUT2D eigenvalue weighted by Crippen LogP contribution is 2.39. The maximum Gasteiger partial charge on any atom is 0.158 e. The van der Waals surface area contributed by atoms with Crippen LogP contribution in [0.2, 0.25) is 0 Å². The van der Waals surface area contributed by atoms with Crippen molar-refractivity contribution in [2.45, 2.75) is 25.6 Å². The van der Waals surface area contributed by atoms with Crippen LogP contribution in [-0.4, -0.2) is 41.4 Å². The fraction of sp³-hybridized carbons (Fsp3) is 0.368. The third kappa shape index (κ3) is 3.25. The van der Waals surface area contributed by atoms with Crippen molar-refractivity contribution in [3.8, 4) is 11.1 Å².